The standard InChI is InChI=1S/C24H22N4O5/c1-27-14-8-6-5-7-13(14)17(23(27)30)18-19-21(28(2)24(31)26-22(19)29)25-20(18)12-9-10-15(32-3)16(11-12)33-4/h5-11,17,25H,1-4H3,(H,26,29,31)/t17-/m0/s1. The van der Waals surface area contributed by atoms with Gasteiger partial charge in [0.2, 0.25) is 5.91 Å². The Bertz CT molecular complexity index is 1540. The molecule has 3 heterocycles. The number of nitrogens with one attached hydrogen (secondary N) is 2. The molecule has 168 valence electrons. The number of aryl methyl sites for hydroxylation is 1. The van der Waals surface area contributed by atoms with Gasteiger partial charge in [0.05, 0.1) is 31.2 Å². The van der Waals surface area contributed by atoms with E-state index >= 15 is 0 Å². The van der Waals surface area contributed by atoms with Crippen molar-refractivity contribution >= 4 is 22.6 Å². The van der Waals surface area contributed by atoms with Crippen LogP contribution >= 0.6 is 0 Å². The van der Waals surface area contributed by atoms with Crippen molar-refractivity contribution in [1.82, 2.24) is 14.5 Å². The summed E-state index contributed by atoms with van der Waals surface area (Å²) in [4.78, 5) is 46.0. The minimum Gasteiger partial charge on any atom is -0.493 e. The van der Waals surface area contributed by atoms with E-state index in [0.717, 1.165) is 11.3 Å². The number of hydrogen-bond donors (Lipinski definition) is 2. The zero-order valence-corrected chi connectivity index (χ0v) is 18.6. The van der Waals surface area contributed by atoms with Gasteiger partial charge in [0.15, 0.2) is 11.5 Å². The van der Waals surface area contributed by atoms with Crippen LogP contribution in [0.25, 0.3) is 22.3 Å². The van der Waals surface area contributed by atoms with E-state index in [4.69, 9.17) is 9.47 Å². The molecule has 1 aliphatic heterocycles. The second kappa shape index (κ2) is 7.40. The van der Waals surface area contributed by atoms with E-state index in [1.165, 1.54) is 11.7 Å². The van der Waals surface area contributed by atoms with Gasteiger partial charge < -0.3 is 19.4 Å². The minimum atomic E-state index is -0.721. The topological polar surface area (TPSA) is 109 Å². The van der Waals surface area contributed by atoms with Gasteiger partial charge in [-0.3, -0.25) is 19.1 Å². The minimum absolute atomic E-state index is 0.160. The van der Waals surface area contributed by atoms with Crippen molar-refractivity contribution in [2.45, 2.75) is 5.92 Å². The summed E-state index contributed by atoms with van der Waals surface area (Å²) in [7, 11) is 6.36. The summed E-state index contributed by atoms with van der Waals surface area (Å²) in [6, 6.07) is 12.8. The molecule has 2 N–H and O–H groups in total. The lowest BCUT2D eigenvalue weighted by atomic mass is 9.89. The highest BCUT2D eigenvalue weighted by molar-refractivity contribution is 6.10. The number of amides is 1. The number of carbonyl (C=O) groups is 1. The van der Waals surface area contributed by atoms with Gasteiger partial charge in [-0.05, 0) is 29.8 Å². The van der Waals surface area contributed by atoms with Crippen LogP contribution < -0.4 is 25.6 Å². The first-order chi connectivity index (χ1) is 15.9. The number of rotatable bonds is 4. The highest BCUT2D eigenvalue weighted by Gasteiger charge is 2.40. The van der Waals surface area contributed by atoms with Gasteiger partial charge in [-0.2, -0.15) is 0 Å². The molecule has 1 aliphatic rings. The first kappa shape index (κ1) is 20.6. The van der Waals surface area contributed by atoms with E-state index in [1.807, 2.05) is 30.3 Å². The molecule has 0 bridgehead atoms. The Balaban J connectivity index is 1.89. The van der Waals surface area contributed by atoms with E-state index in [1.54, 1.807) is 38.2 Å². The summed E-state index contributed by atoms with van der Waals surface area (Å²) in [5.74, 6) is 0.164. The SMILES string of the molecule is COc1ccc(-c2[nH]c3c(c2[C@H]2C(=O)N(C)c4ccccc42)c(=O)[nH]c(=O)n3C)cc1OC. The number of fused-ring (bicyclic) bond motifs is 2. The Morgan fingerprint density at radius 3 is 2.36 bits per heavy atom. The monoisotopic (exact) mass is 446 g/mol. The van der Waals surface area contributed by atoms with Crippen LogP contribution in [0.15, 0.2) is 52.1 Å². The van der Waals surface area contributed by atoms with E-state index in [2.05, 4.69) is 9.97 Å². The van der Waals surface area contributed by atoms with Crippen LogP contribution in [0.5, 0.6) is 11.5 Å². The Morgan fingerprint density at radius 1 is 0.909 bits per heavy atom. The molecular formula is C24H22N4O5. The van der Waals surface area contributed by atoms with Crippen LogP contribution in [-0.4, -0.2) is 41.7 Å². The summed E-state index contributed by atoms with van der Waals surface area (Å²) < 4.78 is 12.1. The number of anilines is 1. The fraction of sp³-hybridized carbons (Fsp3) is 0.208. The van der Waals surface area contributed by atoms with Crippen LogP contribution in [0.2, 0.25) is 0 Å². The number of aromatic amines is 2. The zero-order chi connectivity index (χ0) is 23.4. The van der Waals surface area contributed by atoms with Crippen LogP contribution in [0.4, 0.5) is 5.69 Å². The first-order valence-electron chi connectivity index (χ1n) is 10.3. The van der Waals surface area contributed by atoms with Crippen LogP contribution in [0, 0.1) is 0 Å². The fourth-order valence-electron chi connectivity index (χ4n) is 4.60. The number of likely N-dealkylation sites (N-methyl/N-ethyl adjacent to an activating group) is 1. The molecule has 0 unspecified atom stereocenters. The summed E-state index contributed by atoms with van der Waals surface area (Å²) in [6.45, 7) is 0. The first-order valence-corrected chi connectivity index (χ1v) is 10.3. The number of carbonyl (C=O) groups excluding carboxylic acids is 1. The molecule has 0 radical (unpaired) electrons. The number of ether oxygens (including phenoxy) is 2. The van der Waals surface area contributed by atoms with Gasteiger partial charge in [-0.25, -0.2) is 4.79 Å². The molecule has 0 saturated heterocycles. The molecule has 4 aromatic rings. The molecule has 9 heteroatoms. The molecule has 1 amide bonds. The quantitative estimate of drug-likeness (QED) is 0.500. The van der Waals surface area contributed by atoms with E-state index < -0.39 is 17.2 Å². The molecule has 0 spiro atoms. The second-order valence-electron chi connectivity index (χ2n) is 7.91. The lowest BCUT2D eigenvalue weighted by molar-refractivity contribution is -0.118. The van der Waals surface area contributed by atoms with E-state index in [0.29, 0.717) is 34.0 Å². The maximum absolute atomic E-state index is 13.5. The predicted octanol–water partition coefficient (Wildman–Crippen LogP) is 2.35. The zero-order valence-electron chi connectivity index (χ0n) is 18.6. The van der Waals surface area contributed by atoms with E-state index in [9.17, 15) is 14.4 Å². The summed E-state index contributed by atoms with van der Waals surface area (Å²) >= 11 is 0. The van der Waals surface area contributed by atoms with Crippen LogP contribution in [0.1, 0.15) is 17.0 Å². The normalized spacial score (nSPS) is 15.2. The third-order valence-corrected chi connectivity index (χ3v) is 6.25. The van der Waals surface area contributed by atoms with E-state index in [-0.39, 0.29) is 11.3 Å². The Labute approximate surface area is 188 Å². The molecule has 0 fully saturated rings. The van der Waals surface area contributed by atoms with Crippen molar-refractivity contribution in [1.29, 1.82) is 0 Å². The molecule has 33 heavy (non-hydrogen) atoms. The second-order valence-corrected chi connectivity index (χ2v) is 7.91. The highest BCUT2D eigenvalue weighted by Crippen LogP contribution is 2.46. The smallest absolute Gasteiger partial charge is 0.329 e. The molecule has 2 aromatic heterocycles. The van der Waals surface area contributed by atoms with Crippen molar-refractivity contribution in [3.63, 3.8) is 0 Å². The number of para-hydroxylation sites is 1. The number of benzene rings is 2. The van der Waals surface area contributed by atoms with Crippen LogP contribution in [0.3, 0.4) is 0 Å². The van der Waals surface area contributed by atoms with Gasteiger partial charge in [0, 0.05) is 30.9 Å². The van der Waals surface area contributed by atoms with Gasteiger partial charge >= 0.3 is 5.69 Å². The predicted molar refractivity (Wildman–Crippen MR) is 124 cm³/mol. The van der Waals surface area contributed by atoms with Crippen LogP contribution in [-0.2, 0) is 11.8 Å². The lowest BCUT2D eigenvalue weighted by Crippen LogP contribution is -2.29. The molecule has 0 aliphatic carbocycles. The van der Waals surface area contributed by atoms with Gasteiger partial charge in [0.25, 0.3) is 5.56 Å². The maximum Gasteiger partial charge on any atom is 0.329 e. The summed E-state index contributed by atoms with van der Waals surface area (Å²) in [5, 5.41) is 0.269. The van der Waals surface area contributed by atoms with Gasteiger partial charge in [-0.15, -0.1) is 0 Å². The molecule has 2 aromatic carbocycles. The molecule has 5 rings (SSSR count). The lowest BCUT2D eigenvalue weighted by Gasteiger charge is -2.14. The van der Waals surface area contributed by atoms with Gasteiger partial charge in [0.1, 0.15) is 5.65 Å². The fourth-order valence-corrected chi connectivity index (χ4v) is 4.60. The number of nitrogens with zero attached hydrogens (tertiary/aromatic N) is 2. The Hall–Kier alpha value is -4.27. The maximum atomic E-state index is 13.5. The average Bonchev–Trinajstić information content (AvgIpc) is 3.33. The third-order valence-electron chi connectivity index (χ3n) is 6.25. The molecule has 1 atom stereocenters. The average molecular weight is 446 g/mol. The van der Waals surface area contributed by atoms with Crippen molar-refractivity contribution in [3.8, 4) is 22.8 Å². The van der Waals surface area contributed by atoms with Crippen molar-refractivity contribution < 1.29 is 14.3 Å². The Morgan fingerprint density at radius 2 is 1.64 bits per heavy atom. The van der Waals surface area contributed by atoms with Crippen molar-refractivity contribution in [2.75, 3.05) is 26.2 Å². The Kier molecular flexibility index (Phi) is 4.63. The summed E-state index contributed by atoms with van der Waals surface area (Å²) in [6.07, 6.45) is 0. The van der Waals surface area contributed by atoms with Crippen molar-refractivity contribution in [3.05, 3.63) is 74.4 Å². The third kappa shape index (κ3) is 2.89. The molecular weight excluding hydrogens is 424 g/mol. The summed E-state index contributed by atoms with van der Waals surface area (Å²) in [5.41, 5.74) is 2.56. The van der Waals surface area contributed by atoms with Crippen molar-refractivity contribution in [2.24, 2.45) is 7.05 Å². The largest absolute Gasteiger partial charge is 0.493 e. The number of hydrogen-bond acceptors (Lipinski definition) is 5. The molecule has 0 saturated carbocycles. The molecule has 9 nitrogen and oxygen atoms in total. The highest BCUT2D eigenvalue weighted by atomic mass is 16.5. The number of aromatic nitrogens is 3. The number of methoxy groups -OCH3 is 2. The number of H-pyrrole nitrogens is 2. The van der Waals surface area contributed by atoms with Gasteiger partial charge in [-0.1, -0.05) is 18.2 Å².